The number of fused-ring (bicyclic) bond motifs is 1. The Morgan fingerprint density at radius 2 is 2.00 bits per heavy atom. The van der Waals surface area contributed by atoms with E-state index >= 15 is 0 Å². The lowest BCUT2D eigenvalue weighted by molar-refractivity contribution is 0.174. The number of thiazole rings is 1. The van der Waals surface area contributed by atoms with E-state index in [9.17, 15) is 4.79 Å². The van der Waals surface area contributed by atoms with E-state index in [-0.39, 0.29) is 18.9 Å². The number of carbonyl (C=O) groups is 1. The van der Waals surface area contributed by atoms with Gasteiger partial charge in [0.1, 0.15) is 5.01 Å². The van der Waals surface area contributed by atoms with Crippen molar-refractivity contribution in [3.63, 3.8) is 0 Å². The quantitative estimate of drug-likeness (QED) is 0.698. The molecule has 0 saturated heterocycles. The lowest BCUT2D eigenvalue weighted by atomic mass is 10.1. The van der Waals surface area contributed by atoms with Crippen molar-refractivity contribution in [1.29, 1.82) is 0 Å². The van der Waals surface area contributed by atoms with Gasteiger partial charge in [-0.3, -0.25) is 0 Å². The molecule has 3 aromatic rings. The number of ether oxygens (including phenoxy) is 2. The van der Waals surface area contributed by atoms with E-state index in [4.69, 9.17) is 9.47 Å². The van der Waals surface area contributed by atoms with Crippen LogP contribution in [0.3, 0.4) is 0 Å². The Morgan fingerprint density at radius 3 is 2.85 bits per heavy atom. The van der Waals surface area contributed by atoms with Crippen molar-refractivity contribution in [1.82, 2.24) is 15.6 Å². The third-order valence-electron chi connectivity index (χ3n) is 4.27. The minimum Gasteiger partial charge on any atom is -0.454 e. The smallest absolute Gasteiger partial charge is 0.315 e. The maximum atomic E-state index is 12.2. The minimum atomic E-state index is -0.239. The van der Waals surface area contributed by atoms with Gasteiger partial charge in [-0.25, -0.2) is 9.78 Å². The third-order valence-corrected chi connectivity index (χ3v) is 5.11. The third kappa shape index (κ3) is 4.03. The van der Waals surface area contributed by atoms with Crippen molar-refractivity contribution in [3.8, 4) is 22.8 Å². The van der Waals surface area contributed by atoms with Crippen LogP contribution in [0, 0.1) is 0 Å². The Morgan fingerprint density at radius 1 is 1.19 bits per heavy atom. The van der Waals surface area contributed by atoms with Gasteiger partial charge in [-0.15, -0.1) is 11.3 Å². The van der Waals surface area contributed by atoms with E-state index in [0.29, 0.717) is 12.3 Å². The molecule has 0 fully saturated rings. The predicted molar refractivity (Wildman–Crippen MR) is 104 cm³/mol. The largest absolute Gasteiger partial charge is 0.454 e. The molecule has 1 unspecified atom stereocenters. The zero-order valence-electron chi connectivity index (χ0n) is 14.8. The van der Waals surface area contributed by atoms with Crippen molar-refractivity contribution in [2.45, 2.75) is 19.5 Å². The molecule has 27 heavy (non-hydrogen) atoms. The van der Waals surface area contributed by atoms with Crippen molar-refractivity contribution in [2.75, 3.05) is 6.79 Å². The number of hydrogen-bond acceptors (Lipinski definition) is 5. The normalized spacial score (nSPS) is 13.2. The minimum absolute atomic E-state index is 0.157. The molecule has 0 saturated carbocycles. The van der Waals surface area contributed by atoms with Crippen LogP contribution in [0.4, 0.5) is 4.79 Å². The Kier molecular flexibility index (Phi) is 4.93. The summed E-state index contributed by atoms with van der Waals surface area (Å²) in [7, 11) is 0. The molecule has 0 bridgehead atoms. The fourth-order valence-electron chi connectivity index (χ4n) is 2.80. The molecule has 2 heterocycles. The summed E-state index contributed by atoms with van der Waals surface area (Å²) in [6, 6.07) is 15.3. The van der Waals surface area contributed by atoms with Gasteiger partial charge in [-0.2, -0.15) is 0 Å². The SMILES string of the molecule is CC(NC(=O)NCc1nc(-c2ccccc2)cs1)c1ccc2c(c1)OCO2. The van der Waals surface area contributed by atoms with Crippen LogP contribution in [0.25, 0.3) is 11.3 Å². The molecular formula is C20H19N3O3S. The molecule has 2 aromatic carbocycles. The second-order valence-electron chi connectivity index (χ2n) is 6.15. The molecule has 4 rings (SSSR count). The molecule has 6 nitrogen and oxygen atoms in total. The summed E-state index contributed by atoms with van der Waals surface area (Å²) in [5, 5.41) is 8.65. The van der Waals surface area contributed by atoms with Gasteiger partial charge in [0.2, 0.25) is 6.79 Å². The molecule has 0 spiro atoms. The number of nitrogens with one attached hydrogen (secondary N) is 2. The molecule has 1 aliphatic rings. The van der Waals surface area contributed by atoms with Gasteiger partial charge in [0.25, 0.3) is 0 Å². The second kappa shape index (κ2) is 7.67. The number of benzene rings is 2. The fourth-order valence-corrected chi connectivity index (χ4v) is 3.55. The highest BCUT2D eigenvalue weighted by Crippen LogP contribution is 2.34. The van der Waals surface area contributed by atoms with Crippen molar-refractivity contribution in [3.05, 3.63) is 64.5 Å². The average molecular weight is 381 g/mol. The maximum absolute atomic E-state index is 12.2. The summed E-state index contributed by atoms with van der Waals surface area (Å²) >= 11 is 1.53. The van der Waals surface area contributed by atoms with Gasteiger partial charge >= 0.3 is 6.03 Å². The summed E-state index contributed by atoms with van der Waals surface area (Å²) in [4.78, 5) is 16.8. The number of urea groups is 1. The number of carbonyl (C=O) groups excluding carboxylic acids is 1. The second-order valence-corrected chi connectivity index (χ2v) is 7.10. The Bertz CT molecular complexity index is 943. The number of rotatable bonds is 5. The summed E-state index contributed by atoms with van der Waals surface area (Å²) in [6.45, 7) is 2.55. The van der Waals surface area contributed by atoms with E-state index in [1.807, 2.05) is 60.8 Å². The molecule has 7 heteroatoms. The van der Waals surface area contributed by atoms with Gasteiger partial charge in [0.15, 0.2) is 11.5 Å². The highest BCUT2D eigenvalue weighted by Gasteiger charge is 2.17. The molecule has 2 N–H and O–H groups in total. The number of hydrogen-bond donors (Lipinski definition) is 2. The molecule has 2 amide bonds. The van der Waals surface area contributed by atoms with Crippen molar-refractivity contribution in [2.24, 2.45) is 0 Å². The van der Waals surface area contributed by atoms with Crippen LogP contribution in [0.2, 0.25) is 0 Å². The Hall–Kier alpha value is -3.06. The molecule has 0 aliphatic carbocycles. The Balaban J connectivity index is 1.31. The fraction of sp³-hybridized carbons (Fsp3) is 0.200. The van der Waals surface area contributed by atoms with E-state index in [1.54, 1.807) is 0 Å². The standard InChI is InChI=1S/C20H19N3O3S/c1-13(15-7-8-17-18(9-15)26-12-25-17)22-20(24)21-10-19-23-16(11-27-19)14-5-3-2-4-6-14/h2-9,11,13H,10,12H2,1H3,(H2,21,22,24). The Labute approximate surface area is 161 Å². The maximum Gasteiger partial charge on any atom is 0.315 e. The summed E-state index contributed by atoms with van der Waals surface area (Å²) in [6.07, 6.45) is 0. The van der Waals surface area contributed by atoms with Crippen molar-refractivity contribution >= 4 is 17.4 Å². The first-order chi connectivity index (χ1) is 13.2. The summed E-state index contributed by atoms with van der Waals surface area (Å²) in [5.74, 6) is 1.44. The first kappa shape index (κ1) is 17.4. The summed E-state index contributed by atoms with van der Waals surface area (Å²) < 4.78 is 10.7. The van der Waals surface area contributed by atoms with Crippen molar-refractivity contribution < 1.29 is 14.3 Å². The van der Waals surface area contributed by atoms with Crippen LogP contribution in [0.15, 0.2) is 53.9 Å². The zero-order chi connectivity index (χ0) is 18.6. The van der Waals surface area contributed by atoms with Crippen LogP contribution < -0.4 is 20.1 Å². The number of amides is 2. The van der Waals surface area contributed by atoms with Gasteiger partial charge in [0.05, 0.1) is 18.3 Å². The van der Waals surface area contributed by atoms with Gasteiger partial charge in [-0.05, 0) is 24.6 Å². The van der Waals surface area contributed by atoms with E-state index in [1.165, 1.54) is 11.3 Å². The number of aromatic nitrogens is 1. The van der Waals surface area contributed by atoms with Crippen LogP contribution >= 0.6 is 11.3 Å². The van der Waals surface area contributed by atoms with Crippen LogP contribution in [0.5, 0.6) is 11.5 Å². The molecule has 138 valence electrons. The number of nitrogens with zero attached hydrogens (tertiary/aromatic N) is 1. The molecule has 1 atom stereocenters. The van der Waals surface area contributed by atoms with Gasteiger partial charge in [0, 0.05) is 10.9 Å². The molecule has 1 aliphatic heterocycles. The predicted octanol–water partition coefficient (Wildman–Crippen LogP) is 4.10. The van der Waals surface area contributed by atoms with Crippen LogP contribution in [0.1, 0.15) is 23.5 Å². The zero-order valence-corrected chi connectivity index (χ0v) is 15.6. The molecule has 1 aromatic heterocycles. The summed E-state index contributed by atoms with van der Waals surface area (Å²) in [5.41, 5.74) is 2.95. The van der Waals surface area contributed by atoms with Gasteiger partial charge in [-0.1, -0.05) is 36.4 Å². The topological polar surface area (TPSA) is 72.5 Å². The highest BCUT2D eigenvalue weighted by atomic mass is 32.1. The van der Waals surface area contributed by atoms with Crippen LogP contribution in [-0.4, -0.2) is 17.8 Å². The monoisotopic (exact) mass is 381 g/mol. The highest BCUT2D eigenvalue weighted by molar-refractivity contribution is 7.09. The van der Waals surface area contributed by atoms with E-state index in [0.717, 1.165) is 27.6 Å². The van der Waals surface area contributed by atoms with Gasteiger partial charge < -0.3 is 20.1 Å². The van der Waals surface area contributed by atoms with Crippen LogP contribution in [-0.2, 0) is 6.54 Å². The lowest BCUT2D eigenvalue weighted by Gasteiger charge is -2.15. The lowest BCUT2D eigenvalue weighted by Crippen LogP contribution is -2.36. The van der Waals surface area contributed by atoms with E-state index in [2.05, 4.69) is 15.6 Å². The molecular weight excluding hydrogens is 362 g/mol. The first-order valence-electron chi connectivity index (χ1n) is 8.63. The van der Waals surface area contributed by atoms with E-state index < -0.39 is 0 Å². The first-order valence-corrected chi connectivity index (χ1v) is 9.51. The average Bonchev–Trinajstić information content (AvgIpc) is 3.36. The molecule has 0 radical (unpaired) electrons.